The smallest absolute Gasteiger partial charge is 0.472 e. The molecule has 11 heteroatoms. The fourth-order valence-corrected chi connectivity index (χ4v) is 5.41. The maximum absolute atomic E-state index is 12.5. The van der Waals surface area contributed by atoms with Gasteiger partial charge in [-0.2, -0.15) is 0 Å². The molecule has 0 heterocycles. The molecule has 3 atom stereocenters. The summed E-state index contributed by atoms with van der Waals surface area (Å²) in [4.78, 5) is 33.3. The molecule has 0 aromatic carbocycles. The number of carbonyl (C=O) groups is 2. The predicted molar refractivity (Wildman–Crippen MR) is 203 cm³/mol. The minimum absolute atomic E-state index is 0.00146. The summed E-state index contributed by atoms with van der Waals surface area (Å²) < 4.78 is 33.1. The molecule has 0 aliphatic carbocycles. The highest BCUT2D eigenvalue weighted by Gasteiger charge is 2.27. The lowest BCUT2D eigenvalue weighted by Crippen LogP contribution is -2.34. The first-order chi connectivity index (χ1) is 24.2. The second kappa shape index (κ2) is 35.1. The predicted octanol–water partition coefficient (Wildman–Crippen LogP) is 9.69. The Bertz CT molecular complexity index is 1030. The maximum atomic E-state index is 12.5. The van der Waals surface area contributed by atoms with Gasteiger partial charge in [0.05, 0.1) is 19.8 Å². The van der Waals surface area contributed by atoms with E-state index in [2.05, 4.69) is 79.1 Å². The summed E-state index contributed by atoms with van der Waals surface area (Å²) in [5.74, 6) is -1.82. The highest BCUT2D eigenvalue weighted by atomic mass is 31.2. The summed E-state index contributed by atoms with van der Waals surface area (Å²) in [6.07, 6.45) is 39.9. The van der Waals surface area contributed by atoms with Gasteiger partial charge >= 0.3 is 19.8 Å². The van der Waals surface area contributed by atoms with Gasteiger partial charge in [-0.05, 0) is 57.8 Å². The van der Waals surface area contributed by atoms with E-state index in [0.29, 0.717) is 13.0 Å². The molecule has 10 nitrogen and oxygen atoms in total. The first-order valence-corrected chi connectivity index (χ1v) is 20.3. The van der Waals surface area contributed by atoms with Crippen molar-refractivity contribution in [3.05, 3.63) is 60.8 Å². The van der Waals surface area contributed by atoms with Gasteiger partial charge in [0.1, 0.15) is 12.1 Å². The number of hydrogen-bond donors (Lipinski definition) is 3. The molecule has 0 aromatic heterocycles. The lowest BCUT2D eigenvalue weighted by molar-refractivity contribution is -0.154. The third-order valence-electron chi connectivity index (χ3n) is 7.56. The quantitative estimate of drug-likeness (QED) is 0.0249. The molecule has 0 saturated heterocycles. The van der Waals surface area contributed by atoms with Gasteiger partial charge in [0.15, 0.2) is 0 Å². The van der Waals surface area contributed by atoms with Crippen LogP contribution in [0.2, 0.25) is 0 Å². The monoisotopic (exact) mass is 725 g/mol. The number of phosphoric acid groups is 1. The van der Waals surface area contributed by atoms with Crippen LogP contribution in [0.25, 0.3) is 0 Å². The lowest BCUT2D eigenvalue weighted by atomic mass is 10.1. The van der Waals surface area contributed by atoms with Crippen molar-refractivity contribution in [2.75, 3.05) is 26.4 Å². The minimum Gasteiger partial charge on any atom is -0.480 e. The lowest BCUT2D eigenvalue weighted by Gasteiger charge is -2.20. The second-order valence-electron chi connectivity index (χ2n) is 12.3. The van der Waals surface area contributed by atoms with Gasteiger partial charge in [0, 0.05) is 13.0 Å². The molecule has 3 unspecified atom stereocenters. The van der Waals surface area contributed by atoms with E-state index < -0.39 is 45.1 Å². The highest BCUT2D eigenvalue weighted by Crippen LogP contribution is 2.43. The van der Waals surface area contributed by atoms with E-state index in [9.17, 15) is 19.0 Å². The Morgan fingerprint density at radius 2 is 1.16 bits per heavy atom. The summed E-state index contributed by atoms with van der Waals surface area (Å²) in [5.41, 5.74) is 5.33. The molecule has 0 spiro atoms. The zero-order valence-electron chi connectivity index (χ0n) is 31.0. The Morgan fingerprint density at radius 3 is 1.72 bits per heavy atom. The van der Waals surface area contributed by atoms with Crippen molar-refractivity contribution < 1.29 is 42.7 Å². The van der Waals surface area contributed by atoms with Crippen LogP contribution in [0, 0.1) is 0 Å². The van der Waals surface area contributed by atoms with E-state index in [0.717, 1.165) is 70.6 Å². The van der Waals surface area contributed by atoms with Crippen molar-refractivity contribution in [2.45, 2.75) is 148 Å². The number of esters is 1. The summed E-state index contributed by atoms with van der Waals surface area (Å²) in [6, 6.07) is -1.48. The van der Waals surface area contributed by atoms with E-state index >= 15 is 0 Å². The fraction of sp³-hybridized carbons (Fsp3) is 0.692. The van der Waals surface area contributed by atoms with Crippen molar-refractivity contribution in [3.8, 4) is 0 Å². The van der Waals surface area contributed by atoms with Gasteiger partial charge in [-0.15, -0.1) is 0 Å². The highest BCUT2D eigenvalue weighted by molar-refractivity contribution is 7.47. The van der Waals surface area contributed by atoms with E-state index in [4.69, 9.17) is 24.8 Å². The number of carbonyl (C=O) groups excluding carboxylic acids is 1. The Labute approximate surface area is 302 Å². The number of allylic oxidation sites excluding steroid dienone is 10. The average Bonchev–Trinajstić information content (AvgIpc) is 3.09. The Hall–Kier alpha value is -2.33. The molecular weight excluding hydrogens is 657 g/mol. The zero-order chi connectivity index (χ0) is 37.0. The van der Waals surface area contributed by atoms with E-state index in [1.54, 1.807) is 0 Å². The number of rotatable bonds is 35. The largest absolute Gasteiger partial charge is 0.480 e. The van der Waals surface area contributed by atoms with Gasteiger partial charge in [-0.1, -0.05) is 132 Å². The molecular formula is C39H68NO9P. The van der Waals surface area contributed by atoms with Crippen LogP contribution in [0.15, 0.2) is 60.8 Å². The van der Waals surface area contributed by atoms with Crippen LogP contribution in [0.4, 0.5) is 0 Å². The van der Waals surface area contributed by atoms with Crippen LogP contribution in [0.5, 0.6) is 0 Å². The normalized spacial score (nSPS) is 14.8. The van der Waals surface area contributed by atoms with Gasteiger partial charge in [-0.25, -0.2) is 4.57 Å². The minimum atomic E-state index is -4.62. The molecule has 0 fully saturated rings. The third-order valence-corrected chi connectivity index (χ3v) is 8.51. The number of phosphoric ester groups is 1. The first kappa shape index (κ1) is 47.7. The van der Waals surface area contributed by atoms with Gasteiger partial charge in [0.25, 0.3) is 0 Å². The molecule has 50 heavy (non-hydrogen) atoms. The van der Waals surface area contributed by atoms with Crippen LogP contribution in [0.1, 0.15) is 136 Å². The van der Waals surface area contributed by atoms with Crippen molar-refractivity contribution in [2.24, 2.45) is 5.73 Å². The molecule has 0 aliphatic heterocycles. The molecule has 0 aliphatic rings. The molecule has 0 aromatic rings. The molecule has 0 rings (SSSR count). The van der Waals surface area contributed by atoms with Gasteiger partial charge in [0.2, 0.25) is 0 Å². The SMILES string of the molecule is CC/C=C\C/C=C\C/C=C\C/C=C\C/C=C\CCCCCC(=O)OC(COCCCCCCCCCCC)COP(=O)(O)OCC(N)C(=O)O. The number of carboxylic acid groups (broad SMARTS) is 1. The number of unbranched alkanes of at least 4 members (excludes halogenated alkanes) is 11. The van der Waals surface area contributed by atoms with E-state index in [1.807, 2.05) is 0 Å². The summed E-state index contributed by atoms with van der Waals surface area (Å²) in [5, 5.41) is 8.85. The number of ether oxygens (including phenoxy) is 2. The fourth-order valence-electron chi connectivity index (χ4n) is 4.63. The summed E-state index contributed by atoms with van der Waals surface area (Å²) in [6.45, 7) is 3.68. The van der Waals surface area contributed by atoms with Gasteiger partial charge in [-0.3, -0.25) is 18.6 Å². The summed E-state index contributed by atoms with van der Waals surface area (Å²) in [7, 11) is -4.62. The van der Waals surface area contributed by atoms with Crippen molar-refractivity contribution >= 4 is 19.8 Å². The van der Waals surface area contributed by atoms with Crippen LogP contribution < -0.4 is 5.73 Å². The van der Waals surface area contributed by atoms with E-state index in [1.165, 1.54) is 38.5 Å². The average molecular weight is 726 g/mol. The number of hydrogen-bond acceptors (Lipinski definition) is 8. The molecule has 0 bridgehead atoms. The van der Waals surface area contributed by atoms with Gasteiger partial charge < -0.3 is 25.2 Å². The van der Waals surface area contributed by atoms with Crippen LogP contribution in [0.3, 0.4) is 0 Å². The molecule has 288 valence electrons. The second-order valence-corrected chi connectivity index (χ2v) is 13.8. The molecule has 0 radical (unpaired) electrons. The standard InChI is InChI=1S/C39H68NO9P/c1-3-5-7-9-11-13-14-15-16-17-18-19-20-21-22-23-25-27-29-31-38(41)49-36(34-47-50(44,45)48-35-37(40)39(42)43)33-46-32-30-28-26-24-12-10-8-6-4-2/h5,7,11,13,15-16,18-19,21-22,36-37H,3-4,6,8-10,12,14,17,20,23-35,40H2,1-2H3,(H,42,43)(H,44,45)/b7-5-,13-11-,16-15-,19-18-,22-21-. The van der Waals surface area contributed by atoms with Crippen molar-refractivity contribution in [3.63, 3.8) is 0 Å². The van der Waals surface area contributed by atoms with E-state index in [-0.39, 0.29) is 13.0 Å². The number of carboxylic acids is 1. The molecule has 4 N–H and O–H groups in total. The first-order valence-electron chi connectivity index (χ1n) is 18.8. The summed E-state index contributed by atoms with van der Waals surface area (Å²) >= 11 is 0. The Kier molecular flexibility index (Phi) is 33.5. The van der Waals surface area contributed by atoms with Crippen molar-refractivity contribution in [1.82, 2.24) is 0 Å². The third kappa shape index (κ3) is 34.1. The maximum Gasteiger partial charge on any atom is 0.472 e. The van der Waals surface area contributed by atoms with Crippen LogP contribution in [-0.4, -0.2) is 60.5 Å². The van der Waals surface area contributed by atoms with Crippen molar-refractivity contribution in [1.29, 1.82) is 0 Å². The van der Waals surface area contributed by atoms with Crippen LogP contribution in [-0.2, 0) is 32.7 Å². The zero-order valence-corrected chi connectivity index (χ0v) is 31.9. The topological polar surface area (TPSA) is 155 Å². The molecule has 0 amide bonds. The van der Waals surface area contributed by atoms with Crippen LogP contribution >= 0.6 is 7.82 Å². The Balaban J connectivity index is 4.35. The molecule has 0 saturated carbocycles. The number of aliphatic carboxylic acids is 1. The Morgan fingerprint density at radius 1 is 0.660 bits per heavy atom. The number of nitrogens with two attached hydrogens (primary N) is 1.